The van der Waals surface area contributed by atoms with Gasteiger partial charge in [0, 0.05) is 31.1 Å². The van der Waals surface area contributed by atoms with E-state index < -0.39 is 0 Å². The van der Waals surface area contributed by atoms with Crippen LogP contribution in [0.15, 0.2) is 12.2 Å². The van der Waals surface area contributed by atoms with Crippen LogP contribution in [0.5, 0.6) is 0 Å². The Balaban J connectivity index is 2.65. The standard InChI is InChI=1S/C15H25N3O/c1-11(2)8-12(3)15(19)17-9-13(4)18(7-6-16)14(5)10-17/h12-14H,1,7-10H2,2-5H3. The van der Waals surface area contributed by atoms with Crippen molar-refractivity contribution in [1.29, 1.82) is 5.26 Å². The molecule has 3 unspecified atom stereocenters. The minimum Gasteiger partial charge on any atom is -0.339 e. The van der Waals surface area contributed by atoms with Crippen molar-refractivity contribution in [1.82, 2.24) is 9.80 Å². The predicted molar refractivity (Wildman–Crippen MR) is 76.4 cm³/mol. The van der Waals surface area contributed by atoms with E-state index >= 15 is 0 Å². The third-order valence-corrected chi connectivity index (χ3v) is 3.74. The van der Waals surface area contributed by atoms with E-state index in [1.165, 1.54) is 0 Å². The molecule has 0 radical (unpaired) electrons. The van der Waals surface area contributed by atoms with Crippen LogP contribution < -0.4 is 0 Å². The first-order chi connectivity index (χ1) is 8.86. The zero-order valence-corrected chi connectivity index (χ0v) is 12.5. The van der Waals surface area contributed by atoms with Crippen molar-refractivity contribution in [3.63, 3.8) is 0 Å². The Labute approximate surface area is 116 Å². The maximum absolute atomic E-state index is 12.4. The summed E-state index contributed by atoms with van der Waals surface area (Å²) in [5.74, 6) is 0.206. The monoisotopic (exact) mass is 263 g/mol. The average molecular weight is 263 g/mol. The molecule has 1 aliphatic rings. The lowest BCUT2D eigenvalue weighted by Gasteiger charge is -2.44. The molecule has 106 valence electrons. The quantitative estimate of drug-likeness (QED) is 0.576. The first kappa shape index (κ1) is 15.7. The fourth-order valence-corrected chi connectivity index (χ4v) is 2.85. The van der Waals surface area contributed by atoms with Gasteiger partial charge in [-0.25, -0.2) is 0 Å². The van der Waals surface area contributed by atoms with Crippen LogP contribution >= 0.6 is 0 Å². The summed E-state index contributed by atoms with van der Waals surface area (Å²) in [6.07, 6.45) is 0.750. The molecule has 1 amide bonds. The zero-order valence-electron chi connectivity index (χ0n) is 12.5. The normalized spacial score (nSPS) is 25.7. The van der Waals surface area contributed by atoms with Gasteiger partial charge in [0.05, 0.1) is 12.6 Å². The molecule has 4 heteroatoms. The molecule has 0 saturated carbocycles. The summed E-state index contributed by atoms with van der Waals surface area (Å²) in [6, 6.07) is 2.68. The van der Waals surface area contributed by atoms with Gasteiger partial charge in [-0.15, -0.1) is 6.58 Å². The van der Waals surface area contributed by atoms with Crippen molar-refractivity contribution < 1.29 is 4.79 Å². The number of amides is 1. The van der Waals surface area contributed by atoms with Gasteiger partial charge in [-0.2, -0.15) is 5.26 Å². The van der Waals surface area contributed by atoms with Crippen molar-refractivity contribution in [2.45, 2.75) is 46.2 Å². The molecule has 19 heavy (non-hydrogen) atoms. The molecule has 0 spiro atoms. The van der Waals surface area contributed by atoms with E-state index in [1.54, 1.807) is 0 Å². The van der Waals surface area contributed by atoms with Crippen molar-refractivity contribution in [3.05, 3.63) is 12.2 Å². The third-order valence-electron chi connectivity index (χ3n) is 3.74. The molecule has 3 atom stereocenters. The van der Waals surface area contributed by atoms with Crippen LogP contribution in [0, 0.1) is 17.2 Å². The number of hydrogen-bond acceptors (Lipinski definition) is 3. The Bertz CT molecular complexity index is 373. The Morgan fingerprint density at radius 1 is 1.42 bits per heavy atom. The number of allylic oxidation sites excluding steroid dienone is 1. The zero-order chi connectivity index (χ0) is 14.6. The summed E-state index contributed by atoms with van der Waals surface area (Å²) in [7, 11) is 0. The lowest BCUT2D eigenvalue weighted by Crippen LogP contribution is -2.58. The van der Waals surface area contributed by atoms with E-state index in [2.05, 4.69) is 31.4 Å². The lowest BCUT2D eigenvalue weighted by atomic mass is 9.99. The van der Waals surface area contributed by atoms with E-state index in [0.29, 0.717) is 19.6 Å². The van der Waals surface area contributed by atoms with Gasteiger partial charge in [-0.05, 0) is 27.2 Å². The predicted octanol–water partition coefficient (Wildman–Crippen LogP) is 2.03. The number of hydrogen-bond donors (Lipinski definition) is 0. The van der Waals surface area contributed by atoms with Crippen LogP contribution in [-0.2, 0) is 4.79 Å². The van der Waals surface area contributed by atoms with Crippen LogP contribution in [0.25, 0.3) is 0 Å². The van der Waals surface area contributed by atoms with Crippen molar-refractivity contribution in [3.8, 4) is 6.07 Å². The highest BCUT2D eigenvalue weighted by atomic mass is 16.2. The highest BCUT2D eigenvalue weighted by Crippen LogP contribution is 2.19. The van der Waals surface area contributed by atoms with Crippen LogP contribution in [0.3, 0.4) is 0 Å². The maximum atomic E-state index is 12.4. The van der Waals surface area contributed by atoms with Gasteiger partial charge in [-0.1, -0.05) is 12.5 Å². The number of nitrogens with zero attached hydrogens (tertiary/aromatic N) is 3. The molecule has 1 heterocycles. The largest absolute Gasteiger partial charge is 0.339 e. The van der Waals surface area contributed by atoms with Crippen LogP contribution in [-0.4, -0.2) is 47.4 Å². The molecule has 4 nitrogen and oxygen atoms in total. The molecule has 1 aliphatic heterocycles. The van der Waals surface area contributed by atoms with Gasteiger partial charge in [-0.3, -0.25) is 9.69 Å². The maximum Gasteiger partial charge on any atom is 0.225 e. The molecule has 0 bridgehead atoms. The number of nitriles is 1. The van der Waals surface area contributed by atoms with Crippen LogP contribution in [0.1, 0.15) is 34.1 Å². The third kappa shape index (κ3) is 4.07. The van der Waals surface area contributed by atoms with Gasteiger partial charge in [0.25, 0.3) is 0 Å². The Hall–Kier alpha value is -1.34. The Morgan fingerprint density at radius 3 is 2.37 bits per heavy atom. The SMILES string of the molecule is C=C(C)CC(C)C(=O)N1CC(C)N(CC#N)C(C)C1. The van der Waals surface area contributed by atoms with E-state index in [0.717, 1.165) is 12.0 Å². The average Bonchev–Trinajstić information content (AvgIpc) is 2.31. The highest BCUT2D eigenvalue weighted by molar-refractivity contribution is 5.79. The number of rotatable bonds is 4. The topological polar surface area (TPSA) is 47.3 Å². The van der Waals surface area contributed by atoms with Crippen LogP contribution in [0.2, 0.25) is 0 Å². The van der Waals surface area contributed by atoms with Gasteiger partial charge in [0.15, 0.2) is 0 Å². The molecule has 0 aromatic heterocycles. The smallest absolute Gasteiger partial charge is 0.225 e. The molecule has 0 N–H and O–H groups in total. The first-order valence-electron chi connectivity index (χ1n) is 6.92. The summed E-state index contributed by atoms with van der Waals surface area (Å²) in [5.41, 5.74) is 1.05. The summed E-state index contributed by atoms with van der Waals surface area (Å²) < 4.78 is 0. The van der Waals surface area contributed by atoms with Crippen LogP contribution in [0.4, 0.5) is 0 Å². The summed E-state index contributed by atoms with van der Waals surface area (Å²) >= 11 is 0. The van der Waals surface area contributed by atoms with E-state index in [9.17, 15) is 4.79 Å². The highest BCUT2D eigenvalue weighted by Gasteiger charge is 2.32. The Morgan fingerprint density at radius 2 is 1.95 bits per heavy atom. The number of carbonyl (C=O) groups excluding carboxylic acids is 1. The Kier molecular flexibility index (Phi) is 5.56. The second kappa shape index (κ2) is 6.72. The van der Waals surface area contributed by atoms with Crippen molar-refractivity contribution in [2.75, 3.05) is 19.6 Å². The molecule has 1 saturated heterocycles. The van der Waals surface area contributed by atoms with E-state index in [-0.39, 0.29) is 23.9 Å². The van der Waals surface area contributed by atoms with Crippen molar-refractivity contribution >= 4 is 5.91 Å². The first-order valence-corrected chi connectivity index (χ1v) is 6.92. The van der Waals surface area contributed by atoms with E-state index in [4.69, 9.17) is 5.26 Å². The lowest BCUT2D eigenvalue weighted by molar-refractivity contribution is -0.139. The summed E-state index contributed by atoms with van der Waals surface area (Å²) in [4.78, 5) is 16.5. The van der Waals surface area contributed by atoms with Crippen molar-refractivity contribution in [2.24, 2.45) is 5.92 Å². The fourth-order valence-electron chi connectivity index (χ4n) is 2.85. The number of carbonyl (C=O) groups is 1. The summed E-state index contributed by atoms with van der Waals surface area (Å²) in [5, 5.41) is 8.83. The molecule has 0 aromatic rings. The second-order valence-electron chi connectivity index (χ2n) is 5.83. The molecule has 1 rings (SSSR count). The molecular formula is C15H25N3O. The molecule has 1 fully saturated rings. The second-order valence-corrected chi connectivity index (χ2v) is 5.83. The number of piperazine rings is 1. The molecule has 0 aliphatic carbocycles. The van der Waals surface area contributed by atoms with Gasteiger partial charge >= 0.3 is 0 Å². The van der Waals surface area contributed by atoms with E-state index in [1.807, 2.05) is 18.7 Å². The summed E-state index contributed by atoms with van der Waals surface area (Å²) in [6.45, 7) is 13.8. The fraction of sp³-hybridized carbons (Fsp3) is 0.733. The van der Waals surface area contributed by atoms with Gasteiger partial charge < -0.3 is 4.90 Å². The molecule has 0 aromatic carbocycles. The van der Waals surface area contributed by atoms with Gasteiger partial charge in [0.1, 0.15) is 0 Å². The minimum atomic E-state index is -0.000540. The van der Waals surface area contributed by atoms with Gasteiger partial charge in [0.2, 0.25) is 5.91 Å². The molecular weight excluding hydrogens is 238 g/mol. The minimum absolute atomic E-state index is 0.000540.